The summed E-state index contributed by atoms with van der Waals surface area (Å²) in [6.07, 6.45) is -1.38. The Morgan fingerprint density at radius 3 is 2.53 bits per heavy atom. The van der Waals surface area contributed by atoms with Crippen molar-refractivity contribution in [3.05, 3.63) is 29.6 Å². The van der Waals surface area contributed by atoms with Crippen molar-refractivity contribution >= 4 is 12.2 Å². The van der Waals surface area contributed by atoms with Crippen LogP contribution < -0.4 is 5.73 Å². The molecule has 1 aromatic rings. The third-order valence-corrected chi connectivity index (χ3v) is 1.84. The molecule has 6 nitrogen and oxygen atoms in total. The zero-order valence-corrected chi connectivity index (χ0v) is 7.70. The summed E-state index contributed by atoms with van der Waals surface area (Å²) >= 11 is 0. The van der Waals surface area contributed by atoms with Crippen LogP contribution in [0.25, 0.3) is 0 Å². The average molecular weight is 210 g/mol. The molecule has 2 unspecified atom stereocenters. The molecule has 0 spiro atoms. The molecular formula is C9H10N2O4. The van der Waals surface area contributed by atoms with E-state index in [9.17, 15) is 14.7 Å². The molecule has 0 aromatic carbocycles. The van der Waals surface area contributed by atoms with Gasteiger partial charge in [0.1, 0.15) is 6.10 Å². The molecular weight excluding hydrogens is 200 g/mol. The topological polar surface area (TPSA) is 114 Å². The lowest BCUT2D eigenvalue weighted by Crippen LogP contribution is -2.34. The Balaban J connectivity index is 2.86. The number of aldehydes is 1. The van der Waals surface area contributed by atoms with Crippen molar-refractivity contribution < 1.29 is 19.8 Å². The Morgan fingerprint density at radius 1 is 1.47 bits per heavy atom. The Morgan fingerprint density at radius 2 is 2.13 bits per heavy atom. The highest BCUT2D eigenvalue weighted by Crippen LogP contribution is 2.14. The second kappa shape index (κ2) is 4.63. The standard InChI is InChI=1S/C9H10N2O4/c10-9(15)8(14)7(13)6-2-1-5(4-12)3-11-6/h1-4,7-8,13-14H,(H2,10,15). The molecule has 0 aliphatic rings. The minimum atomic E-state index is -1.71. The van der Waals surface area contributed by atoms with Crippen molar-refractivity contribution in [2.24, 2.45) is 5.73 Å². The van der Waals surface area contributed by atoms with E-state index < -0.39 is 18.1 Å². The number of amides is 1. The van der Waals surface area contributed by atoms with Crippen LogP contribution in [-0.2, 0) is 4.79 Å². The van der Waals surface area contributed by atoms with Gasteiger partial charge in [0.05, 0.1) is 5.69 Å². The van der Waals surface area contributed by atoms with Gasteiger partial charge in [-0.2, -0.15) is 0 Å². The van der Waals surface area contributed by atoms with E-state index in [-0.39, 0.29) is 5.69 Å². The lowest BCUT2D eigenvalue weighted by atomic mass is 10.1. The van der Waals surface area contributed by atoms with E-state index in [0.717, 1.165) is 0 Å². The number of hydrogen-bond donors (Lipinski definition) is 3. The van der Waals surface area contributed by atoms with Gasteiger partial charge in [-0.25, -0.2) is 0 Å². The van der Waals surface area contributed by atoms with Crippen molar-refractivity contribution in [2.45, 2.75) is 12.2 Å². The van der Waals surface area contributed by atoms with Gasteiger partial charge in [-0.15, -0.1) is 0 Å². The smallest absolute Gasteiger partial charge is 0.249 e. The van der Waals surface area contributed by atoms with Crippen LogP contribution in [0, 0.1) is 0 Å². The van der Waals surface area contributed by atoms with Crippen LogP contribution in [-0.4, -0.2) is 33.5 Å². The number of aliphatic hydroxyl groups excluding tert-OH is 2. The van der Waals surface area contributed by atoms with E-state index in [4.69, 9.17) is 10.8 Å². The first-order valence-corrected chi connectivity index (χ1v) is 4.13. The van der Waals surface area contributed by atoms with E-state index in [1.165, 1.54) is 18.3 Å². The number of aliphatic hydroxyl groups is 2. The van der Waals surface area contributed by atoms with Gasteiger partial charge in [-0.05, 0) is 12.1 Å². The summed E-state index contributed by atoms with van der Waals surface area (Å²) in [6, 6.07) is 2.74. The van der Waals surface area contributed by atoms with Crippen LogP contribution in [0.1, 0.15) is 22.2 Å². The molecule has 0 aliphatic heterocycles. The van der Waals surface area contributed by atoms with E-state index >= 15 is 0 Å². The van der Waals surface area contributed by atoms with Crippen LogP contribution in [0.15, 0.2) is 18.3 Å². The molecule has 4 N–H and O–H groups in total. The van der Waals surface area contributed by atoms with E-state index in [0.29, 0.717) is 11.8 Å². The highest BCUT2D eigenvalue weighted by Gasteiger charge is 2.24. The van der Waals surface area contributed by atoms with Gasteiger partial charge in [-0.1, -0.05) is 0 Å². The Bertz CT molecular complexity index is 363. The number of rotatable bonds is 4. The molecule has 1 rings (SSSR count). The highest BCUT2D eigenvalue weighted by atomic mass is 16.3. The van der Waals surface area contributed by atoms with Gasteiger partial charge in [0.15, 0.2) is 12.4 Å². The Kier molecular flexibility index (Phi) is 3.48. The molecule has 0 radical (unpaired) electrons. The molecule has 1 aromatic heterocycles. The molecule has 1 heterocycles. The van der Waals surface area contributed by atoms with Crippen molar-refractivity contribution in [3.63, 3.8) is 0 Å². The minimum Gasteiger partial charge on any atom is -0.384 e. The summed E-state index contributed by atoms with van der Waals surface area (Å²) in [5.74, 6) is -1.04. The molecule has 2 atom stereocenters. The fraction of sp³-hybridized carbons (Fsp3) is 0.222. The van der Waals surface area contributed by atoms with Gasteiger partial charge >= 0.3 is 0 Å². The van der Waals surface area contributed by atoms with Gasteiger partial charge < -0.3 is 15.9 Å². The molecule has 0 fully saturated rings. The molecule has 0 aliphatic carbocycles. The molecule has 0 saturated carbocycles. The summed E-state index contributed by atoms with van der Waals surface area (Å²) in [5.41, 5.74) is 5.21. The second-order valence-electron chi connectivity index (χ2n) is 2.93. The number of carbonyl (C=O) groups is 2. The van der Waals surface area contributed by atoms with E-state index in [1.54, 1.807) is 0 Å². The molecule has 6 heteroatoms. The number of nitrogens with zero attached hydrogens (tertiary/aromatic N) is 1. The van der Waals surface area contributed by atoms with E-state index in [1.807, 2.05) is 0 Å². The van der Waals surface area contributed by atoms with Gasteiger partial charge in [0, 0.05) is 11.8 Å². The van der Waals surface area contributed by atoms with E-state index in [2.05, 4.69) is 4.98 Å². The molecule has 80 valence electrons. The maximum Gasteiger partial charge on any atom is 0.249 e. The van der Waals surface area contributed by atoms with Crippen molar-refractivity contribution in [1.29, 1.82) is 0 Å². The number of hydrogen-bond acceptors (Lipinski definition) is 5. The summed E-state index contributed by atoms with van der Waals surface area (Å²) in [6.45, 7) is 0. The third kappa shape index (κ3) is 2.58. The zero-order chi connectivity index (χ0) is 11.4. The van der Waals surface area contributed by atoms with Gasteiger partial charge in [-0.3, -0.25) is 14.6 Å². The van der Waals surface area contributed by atoms with Crippen LogP contribution in [0.3, 0.4) is 0 Å². The largest absolute Gasteiger partial charge is 0.384 e. The van der Waals surface area contributed by atoms with Crippen molar-refractivity contribution in [1.82, 2.24) is 4.98 Å². The number of pyridine rings is 1. The van der Waals surface area contributed by atoms with Crippen molar-refractivity contribution in [3.8, 4) is 0 Å². The summed E-state index contributed by atoms with van der Waals surface area (Å²) in [5, 5.41) is 18.6. The van der Waals surface area contributed by atoms with Crippen molar-refractivity contribution in [2.75, 3.05) is 0 Å². The lowest BCUT2D eigenvalue weighted by molar-refractivity contribution is -0.132. The SMILES string of the molecule is NC(=O)C(O)C(O)c1ccc(C=O)cn1. The molecule has 15 heavy (non-hydrogen) atoms. The first kappa shape index (κ1) is 11.3. The van der Waals surface area contributed by atoms with Gasteiger partial charge in [0.25, 0.3) is 0 Å². The second-order valence-corrected chi connectivity index (χ2v) is 2.93. The molecule has 0 saturated heterocycles. The van der Waals surface area contributed by atoms with Crippen LogP contribution >= 0.6 is 0 Å². The predicted molar refractivity (Wildman–Crippen MR) is 49.8 cm³/mol. The zero-order valence-electron chi connectivity index (χ0n) is 7.70. The highest BCUT2D eigenvalue weighted by molar-refractivity contribution is 5.79. The average Bonchev–Trinajstić information content (AvgIpc) is 2.27. The first-order valence-electron chi connectivity index (χ1n) is 4.13. The first-order chi connectivity index (χ1) is 7.06. The Hall–Kier alpha value is -1.79. The summed E-state index contributed by atoms with van der Waals surface area (Å²) in [4.78, 5) is 24.6. The predicted octanol–water partition coefficient (Wildman–Crippen LogP) is -1.23. The van der Waals surface area contributed by atoms with Crippen LogP contribution in [0.5, 0.6) is 0 Å². The quantitative estimate of drug-likeness (QED) is 0.538. The maximum absolute atomic E-state index is 10.6. The molecule has 0 bridgehead atoms. The summed E-state index contributed by atoms with van der Waals surface area (Å²) in [7, 11) is 0. The lowest BCUT2D eigenvalue weighted by Gasteiger charge is -2.13. The van der Waals surface area contributed by atoms with Crippen LogP contribution in [0.4, 0.5) is 0 Å². The number of nitrogens with two attached hydrogens (primary N) is 1. The number of carbonyl (C=O) groups excluding carboxylic acids is 2. The normalized spacial score (nSPS) is 14.3. The Labute approximate surface area is 85.4 Å². The fourth-order valence-electron chi connectivity index (χ4n) is 0.979. The molecule has 1 amide bonds. The maximum atomic E-state index is 10.6. The number of aromatic nitrogens is 1. The third-order valence-electron chi connectivity index (χ3n) is 1.84. The van der Waals surface area contributed by atoms with Crippen LogP contribution in [0.2, 0.25) is 0 Å². The minimum absolute atomic E-state index is 0.0758. The number of primary amides is 1. The monoisotopic (exact) mass is 210 g/mol. The fourth-order valence-corrected chi connectivity index (χ4v) is 0.979. The summed E-state index contributed by atoms with van der Waals surface area (Å²) < 4.78 is 0. The van der Waals surface area contributed by atoms with Gasteiger partial charge in [0.2, 0.25) is 5.91 Å².